The van der Waals surface area contributed by atoms with Crippen LogP contribution in [0.5, 0.6) is 5.75 Å². The molecule has 2 aromatic heterocycles. The summed E-state index contributed by atoms with van der Waals surface area (Å²) in [5.74, 6) is -0.476. The average Bonchev–Trinajstić information content (AvgIpc) is 3.20. The lowest BCUT2D eigenvalue weighted by Gasteiger charge is -2.07. The monoisotopic (exact) mass is 345 g/mol. The van der Waals surface area contributed by atoms with Gasteiger partial charge in [-0.3, -0.25) is 4.79 Å². The van der Waals surface area contributed by atoms with Gasteiger partial charge in [-0.1, -0.05) is 0 Å². The fourth-order valence-electron chi connectivity index (χ4n) is 2.32. The van der Waals surface area contributed by atoms with Gasteiger partial charge < -0.3 is 19.7 Å². The second-order valence-electron chi connectivity index (χ2n) is 5.08. The number of aromatic carboxylic acids is 1. The number of carboxylic acids is 1. The number of thiazole rings is 1. The summed E-state index contributed by atoms with van der Waals surface area (Å²) in [5.41, 5.74) is 0.933. The van der Waals surface area contributed by atoms with Crippen LogP contribution >= 0.6 is 11.3 Å². The molecule has 0 aliphatic heterocycles. The molecule has 24 heavy (non-hydrogen) atoms. The van der Waals surface area contributed by atoms with Crippen molar-refractivity contribution >= 4 is 34.1 Å². The first-order valence-electron chi connectivity index (χ1n) is 7.14. The van der Waals surface area contributed by atoms with Crippen LogP contribution in [0.15, 0.2) is 35.8 Å². The third-order valence-corrected chi connectivity index (χ3v) is 4.35. The maximum absolute atomic E-state index is 12.1. The van der Waals surface area contributed by atoms with Gasteiger partial charge in [0.2, 0.25) is 5.91 Å². The minimum Gasteiger partial charge on any atom is -0.497 e. The summed E-state index contributed by atoms with van der Waals surface area (Å²) < 4.78 is 7.02. The number of ether oxygens (including phenoxy) is 1. The lowest BCUT2D eigenvalue weighted by atomic mass is 10.2. The van der Waals surface area contributed by atoms with Crippen LogP contribution in [0.3, 0.4) is 0 Å². The number of hydrogen-bond acceptors (Lipinski definition) is 5. The lowest BCUT2D eigenvalue weighted by Crippen LogP contribution is -2.26. The fourth-order valence-corrected chi connectivity index (χ4v) is 3.03. The molecule has 1 amide bonds. The standard InChI is InChI=1S/C16H15N3O4S/c1-23-11-2-3-13-10(6-11)4-5-19(13)8-14(20)17-7-15-18-12(9-24-15)16(21)22/h2-6,9H,7-8H2,1H3,(H,17,20)(H,21,22). The maximum Gasteiger partial charge on any atom is 0.355 e. The zero-order valence-electron chi connectivity index (χ0n) is 12.9. The van der Waals surface area contributed by atoms with Gasteiger partial charge in [-0.05, 0) is 24.3 Å². The van der Waals surface area contributed by atoms with Crippen LogP contribution in [-0.2, 0) is 17.9 Å². The zero-order chi connectivity index (χ0) is 17.1. The summed E-state index contributed by atoms with van der Waals surface area (Å²) in [6.07, 6.45) is 1.84. The topological polar surface area (TPSA) is 93.5 Å². The predicted molar refractivity (Wildman–Crippen MR) is 89.4 cm³/mol. The van der Waals surface area contributed by atoms with Gasteiger partial charge in [0.15, 0.2) is 5.69 Å². The molecule has 0 saturated heterocycles. The van der Waals surface area contributed by atoms with Gasteiger partial charge in [0.05, 0.1) is 13.7 Å². The molecule has 124 valence electrons. The summed E-state index contributed by atoms with van der Waals surface area (Å²) in [7, 11) is 1.61. The summed E-state index contributed by atoms with van der Waals surface area (Å²) in [4.78, 5) is 26.8. The van der Waals surface area contributed by atoms with Crippen molar-refractivity contribution < 1.29 is 19.4 Å². The molecule has 2 heterocycles. The van der Waals surface area contributed by atoms with E-state index in [0.29, 0.717) is 5.01 Å². The molecule has 0 aliphatic carbocycles. The molecule has 7 nitrogen and oxygen atoms in total. The maximum atomic E-state index is 12.1. The summed E-state index contributed by atoms with van der Waals surface area (Å²) >= 11 is 1.21. The van der Waals surface area contributed by atoms with E-state index < -0.39 is 5.97 Å². The average molecular weight is 345 g/mol. The van der Waals surface area contributed by atoms with E-state index in [1.165, 1.54) is 16.7 Å². The molecule has 0 bridgehead atoms. The molecule has 2 N–H and O–H groups in total. The van der Waals surface area contributed by atoms with Crippen molar-refractivity contribution in [1.29, 1.82) is 0 Å². The van der Waals surface area contributed by atoms with Crippen molar-refractivity contribution in [1.82, 2.24) is 14.9 Å². The Morgan fingerprint density at radius 1 is 1.38 bits per heavy atom. The smallest absolute Gasteiger partial charge is 0.355 e. The Balaban J connectivity index is 1.63. The number of fused-ring (bicyclic) bond motifs is 1. The number of nitrogens with zero attached hydrogens (tertiary/aromatic N) is 2. The number of methoxy groups -OCH3 is 1. The largest absolute Gasteiger partial charge is 0.497 e. The van der Waals surface area contributed by atoms with Crippen molar-refractivity contribution in [2.24, 2.45) is 0 Å². The molecule has 0 unspecified atom stereocenters. The van der Waals surface area contributed by atoms with Crippen LogP contribution < -0.4 is 10.1 Å². The molecule has 0 fully saturated rings. The third-order valence-electron chi connectivity index (χ3n) is 3.50. The number of carboxylic acid groups (broad SMARTS) is 1. The molecular weight excluding hydrogens is 330 g/mol. The molecule has 0 saturated carbocycles. The molecule has 3 rings (SSSR count). The Morgan fingerprint density at radius 3 is 2.92 bits per heavy atom. The molecule has 0 aliphatic rings. The second kappa shape index (κ2) is 6.71. The normalized spacial score (nSPS) is 10.7. The van der Waals surface area contributed by atoms with Gasteiger partial charge >= 0.3 is 5.97 Å². The first-order chi connectivity index (χ1) is 11.6. The highest BCUT2D eigenvalue weighted by Crippen LogP contribution is 2.21. The van der Waals surface area contributed by atoms with Gasteiger partial charge in [-0.15, -0.1) is 11.3 Å². The van der Waals surface area contributed by atoms with E-state index in [1.54, 1.807) is 7.11 Å². The van der Waals surface area contributed by atoms with Crippen molar-refractivity contribution in [3.63, 3.8) is 0 Å². The predicted octanol–water partition coefficient (Wildman–Crippen LogP) is 2.12. The molecule has 3 aromatic rings. The van der Waals surface area contributed by atoms with E-state index >= 15 is 0 Å². The van der Waals surface area contributed by atoms with Crippen molar-refractivity contribution in [2.75, 3.05) is 7.11 Å². The first kappa shape index (κ1) is 16.0. The van der Waals surface area contributed by atoms with E-state index in [2.05, 4.69) is 10.3 Å². The fraction of sp³-hybridized carbons (Fsp3) is 0.188. The number of amides is 1. The Kier molecular flexibility index (Phi) is 4.48. The highest BCUT2D eigenvalue weighted by Gasteiger charge is 2.11. The highest BCUT2D eigenvalue weighted by molar-refractivity contribution is 7.09. The van der Waals surface area contributed by atoms with E-state index in [1.807, 2.05) is 35.0 Å². The highest BCUT2D eigenvalue weighted by atomic mass is 32.1. The van der Waals surface area contributed by atoms with Gasteiger partial charge in [0.25, 0.3) is 0 Å². The van der Waals surface area contributed by atoms with E-state index in [4.69, 9.17) is 9.84 Å². The Morgan fingerprint density at radius 2 is 2.21 bits per heavy atom. The summed E-state index contributed by atoms with van der Waals surface area (Å²) in [5, 5.41) is 14.6. The van der Waals surface area contributed by atoms with Crippen LogP contribution in [-0.4, -0.2) is 33.6 Å². The lowest BCUT2D eigenvalue weighted by molar-refractivity contribution is -0.121. The Hall–Kier alpha value is -2.87. The van der Waals surface area contributed by atoms with Crippen molar-refractivity contribution in [2.45, 2.75) is 13.1 Å². The van der Waals surface area contributed by atoms with Gasteiger partial charge in [0.1, 0.15) is 17.3 Å². The van der Waals surface area contributed by atoms with Gasteiger partial charge in [-0.25, -0.2) is 9.78 Å². The minimum atomic E-state index is -1.07. The SMILES string of the molecule is COc1ccc2c(ccn2CC(=O)NCc2nc(C(=O)O)cs2)c1. The Labute approximate surface area is 141 Å². The number of nitrogens with one attached hydrogen (secondary N) is 1. The van der Waals surface area contributed by atoms with Crippen molar-refractivity contribution in [3.05, 3.63) is 46.5 Å². The molecule has 1 aromatic carbocycles. The number of aromatic nitrogens is 2. The molecule has 0 radical (unpaired) electrons. The summed E-state index contributed by atoms with van der Waals surface area (Å²) in [6, 6.07) is 7.58. The molecule has 0 spiro atoms. The third kappa shape index (κ3) is 3.38. The summed E-state index contributed by atoms with van der Waals surface area (Å²) in [6.45, 7) is 0.386. The van der Waals surface area contributed by atoms with E-state index in [-0.39, 0.29) is 24.7 Å². The Bertz CT molecular complexity index is 900. The van der Waals surface area contributed by atoms with E-state index in [0.717, 1.165) is 16.7 Å². The zero-order valence-corrected chi connectivity index (χ0v) is 13.7. The van der Waals surface area contributed by atoms with Gasteiger partial charge in [-0.2, -0.15) is 0 Å². The first-order valence-corrected chi connectivity index (χ1v) is 8.02. The quantitative estimate of drug-likeness (QED) is 0.714. The molecular formula is C16H15N3O4S. The second-order valence-corrected chi connectivity index (χ2v) is 6.02. The molecule has 8 heteroatoms. The number of rotatable bonds is 6. The number of carbonyl (C=O) groups excluding carboxylic acids is 1. The van der Waals surface area contributed by atoms with Crippen molar-refractivity contribution in [3.8, 4) is 5.75 Å². The van der Waals surface area contributed by atoms with Crippen LogP contribution in [0.1, 0.15) is 15.5 Å². The number of hydrogen-bond donors (Lipinski definition) is 2. The number of benzene rings is 1. The van der Waals surface area contributed by atoms with Gasteiger partial charge in [0, 0.05) is 22.5 Å². The van der Waals surface area contributed by atoms with Crippen LogP contribution in [0.4, 0.5) is 0 Å². The van der Waals surface area contributed by atoms with Crippen LogP contribution in [0.25, 0.3) is 10.9 Å². The number of carbonyl (C=O) groups is 2. The van der Waals surface area contributed by atoms with Crippen LogP contribution in [0, 0.1) is 0 Å². The minimum absolute atomic E-state index is 0.00500. The van der Waals surface area contributed by atoms with Crippen LogP contribution in [0.2, 0.25) is 0 Å². The van der Waals surface area contributed by atoms with E-state index in [9.17, 15) is 9.59 Å². The molecule has 0 atom stereocenters.